The van der Waals surface area contributed by atoms with Crippen LogP contribution < -0.4 is 0 Å². The maximum absolute atomic E-state index is 11.6. The van der Waals surface area contributed by atoms with Crippen LogP contribution in [-0.2, 0) is 14.3 Å². The number of carboxylic acids is 1. The van der Waals surface area contributed by atoms with E-state index < -0.39 is 11.9 Å². The highest BCUT2D eigenvalue weighted by Gasteiger charge is 2.48. The summed E-state index contributed by atoms with van der Waals surface area (Å²) in [6.45, 7) is 11.6. The molecule has 0 aliphatic carbocycles. The molecule has 30 heavy (non-hydrogen) atoms. The van der Waals surface area contributed by atoms with Gasteiger partial charge in [-0.1, -0.05) is 98.8 Å². The zero-order valence-corrected chi connectivity index (χ0v) is 20.7. The fourth-order valence-electron chi connectivity index (χ4n) is 5.32. The minimum absolute atomic E-state index is 0.122. The number of esters is 1. The van der Waals surface area contributed by atoms with Crippen LogP contribution in [0.25, 0.3) is 0 Å². The summed E-state index contributed by atoms with van der Waals surface area (Å²) in [6, 6.07) is 0. The van der Waals surface area contributed by atoms with E-state index in [2.05, 4.69) is 34.6 Å². The van der Waals surface area contributed by atoms with Crippen LogP contribution in [0.5, 0.6) is 0 Å². The Morgan fingerprint density at radius 3 is 1.17 bits per heavy atom. The third-order valence-electron chi connectivity index (χ3n) is 7.16. The van der Waals surface area contributed by atoms with E-state index in [1.165, 1.54) is 70.6 Å². The van der Waals surface area contributed by atoms with Crippen LogP contribution in [0.15, 0.2) is 0 Å². The highest BCUT2D eigenvalue weighted by Crippen LogP contribution is 2.58. The smallest absolute Gasteiger partial charge is 0.417 e. The monoisotopic (exact) mass is 426 g/mol. The topological polar surface area (TPSA) is 63.6 Å². The van der Waals surface area contributed by atoms with E-state index in [1.54, 1.807) is 0 Å². The van der Waals surface area contributed by atoms with Crippen LogP contribution in [0.3, 0.4) is 0 Å². The number of carboxylic acid groups (broad SMARTS) is 1. The van der Waals surface area contributed by atoms with Crippen molar-refractivity contribution < 1.29 is 19.4 Å². The van der Waals surface area contributed by atoms with Crippen LogP contribution in [0.4, 0.5) is 0 Å². The number of ether oxygens (including phenoxy) is 1. The summed E-state index contributed by atoms with van der Waals surface area (Å²) in [7, 11) is 0. The Morgan fingerprint density at radius 2 is 0.900 bits per heavy atom. The van der Waals surface area contributed by atoms with Crippen molar-refractivity contribution in [2.24, 2.45) is 10.8 Å². The van der Waals surface area contributed by atoms with Crippen molar-refractivity contribution in [3.8, 4) is 0 Å². The van der Waals surface area contributed by atoms with Crippen molar-refractivity contribution in [2.45, 2.75) is 137 Å². The molecule has 0 aromatic rings. The molecular formula is C26H50O4. The lowest BCUT2D eigenvalue weighted by Gasteiger charge is -2.53. The molecule has 0 fully saturated rings. The van der Waals surface area contributed by atoms with Crippen LogP contribution in [-0.4, -0.2) is 23.7 Å². The Hall–Kier alpha value is -1.06. The molecule has 0 aliphatic heterocycles. The molecule has 4 nitrogen and oxygen atoms in total. The second kappa shape index (κ2) is 16.6. The maximum Gasteiger partial charge on any atom is 0.417 e. The first-order chi connectivity index (χ1) is 14.4. The molecule has 0 aliphatic rings. The van der Waals surface area contributed by atoms with Crippen molar-refractivity contribution in [3.63, 3.8) is 0 Å². The van der Waals surface area contributed by atoms with Gasteiger partial charge in [0.05, 0.1) is 6.61 Å². The second-order valence-electron chi connectivity index (χ2n) is 9.27. The van der Waals surface area contributed by atoms with Gasteiger partial charge in [-0.25, -0.2) is 9.59 Å². The second-order valence-corrected chi connectivity index (χ2v) is 9.27. The zero-order valence-electron chi connectivity index (χ0n) is 20.7. The van der Waals surface area contributed by atoms with E-state index in [0.29, 0.717) is 0 Å². The molecule has 0 aromatic heterocycles. The number of carbonyl (C=O) groups excluding carboxylic acids is 1. The van der Waals surface area contributed by atoms with Crippen molar-refractivity contribution in [3.05, 3.63) is 0 Å². The molecule has 0 aromatic carbocycles. The summed E-state index contributed by atoms with van der Waals surface area (Å²) in [5.74, 6) is -2.60. The lowest BCUT2D eigenvalue weighted by molar-refractivity contribution is -0.165. The Balaban J connectivity index is 6.09. The number of aliphatic carboxylic acids is 1. The fraction of sp³-hybridized carbons (Fsp3) is 0.923. The fourth-order valence-corrected chi connectivity index (χ4v) is 5.32. The molecule has 0 atom stereocenters. The van der Waals surface area contributed by atoms with Gasteiger partial charge in [-0.3, -0.25) is 0 Å². The van der Waals surface area contributed by atoms with E-state index in [4.69, 9.17) is 9.84 Å². The standard InChI is InChI=1S/C26H50O4/c1-6-11-16-25(17-12-7-2,18-13-8-3)26(19-14-9-4,20-15-10-5)21-22-30-24(29)23(27)28/h6-22H2,1-5H3,(H,27,28). The summed E-state index contributed by atoms with van der Waals surface area (Å²) in [5, 5.41) is 8.93. The third-order valence-corrected chi connectivity index (χ3v) is 7.16. The lowest BCUT2D eigenvalue weighted by atomic mass is 9.52. The molecule has 0 bridgehead atoms. The quantitative estimate of drug-likeness (QED) is 0.168. The average molecular weight is 427 g/mol. The van der Waals surface area contributed by atoms with Gasteiger partial charge in [0.2, 0.25) is 0 Å². The molecule has 0 rings (SSSR count). The first-order valence-electron chi connectivity index (χ1n) is 12.8. The normalized spacial score (nSPS) is 12.2. The van der Waals surface area contributed by atoms with Crippen molar-refractivity contribution in [1.29, 1.82) is 0 Å². The van der Waals surface area contributed by atoms with E-state index >= 15 is 0 Å². The van der Waals surface area contributed by atoms with Gasteiger partial charge in [0.25, 0.3) is 0 Å². The van der Waals surface area contributed by atoms with Gasteiger partial charge < -0.3 is 9.84 Å². The third kappa shape index (κ3) is 9.39. The predicted molar refractivity (Wildman–Crippen MR) is 126 cm³/mol. The van der Waals surface area contributed by atoms with Gasteiger partial charge in [0.1, 0.15) is 0 Å². The number of unbranched alkanes of at least 4 members (excludes halogenated alkanes) is 5. The van der Waals surface area contributed by atoms with E-state index in [-0.39, 0.29) is 17.4 Å². The minimum Gasteiger partial charge on any atom is -0.473 e. The molecule has 1 N–H and O–H groups in total. The number of carbonyl (C=O) groups is 2. The minimum atomic E-state index is -1.49. The molecule has 0 spiro atoms. The predicted octanol–water partition coefficient (Wildman–Crippen LogP) is 7.93. The van der Waals surface area contributed by atoms with Crippen molar-refractivity contribution in [1.82, 2.24) is 0 Å². The number of hydrogen-bond acceptors (Lipinski definition) is 3. The van der Waals surface area contributed by atoms with Crippen molar-refractivity contribution >= 4 is 11.9 Å². The molecular weight excluding hydrogens is 376 g/mol. The van der Waals surface area contributed by atoms with Gasteiger partial charge in [0, 0.05) is 0 Å². The maximum atomic E-state index is 11.6. The summed E-state index contributed by atoms with van der Waals surface area (Å²) in [6.07, 6.45) is 18.8. The largest absolute Gasteiger partial charge is 0.473 e. The molecule has 0 amide bonds. The van der Waals surface area contributed by atoms with Crippen molar-refractivity contribution in [2.75, 3.05) is 6.61 Å². The van der Waals surface area contributed by atoms with Crippen LogP contribution in [0, 0.1) is 10.8 Å². The summed E-state index contributed by atoms with van der Waals surface area (Å²) < 4.78 is 5.19. The molecule has 0 radical (unpaired) electrons. The van der Waals surface area contributed by atoms with E-state index in [9.17, 15) is 9.59 Å². The molecule has 4 heteroatoms. The molecule has 0 heterocycles. The summed E-state index contributed by atoms with van der Waals surface area (Å²) in [4.78, 5) is 22.5. The Bertz CT molecular complexity index is 428. The zero-order chi connectivity index (χ0) is 22.9. The van der Waals surface area contributed by atoms with Gasteiger partial charge in [-0.05, 0) is 49.4 Å². The highest BCUT2D eigenvalue weighted by molar-refractivity contribution is 6.28. The number of rotatable bonds is 19. The Morgan fingerprint density at radius 1 is 0.600 bits per heavy atom. The first kappa shape index (κ1) is 28.9. The molecule has 0 saturated carbocycles. The molecule has 0 saturated heterocycles. The Kier molecular flexibility index (Phi) is 16.0. The van der Waals surface area contributed by atoms with Gasteiger partial charge in [-0.2, -0.15) is 0 Å². The highest BCUT2D eigenvalue weighted by atomic mass is 16.6. The first-order valence-corrected chi connectivity index (χ1v) is 12.8. The molecule has 178 valence electrons. The SMILES string of the molecule is CCCCC(CCCC)(CCCC)C(CCCC)(CCCC)CCOC(=O)C(=O)O. The van der Waals surface area contributed by atoms with Gasteiger partial charge in [0.15, 0.2) is 0 Å². The molecule has 0 unspecified atom stereocenters. The van der Waals surface area contributed by atoms with Gasteiger partial charge in [-0.15, -0.1) is 0 Å². The van der Waals surface area contributed by atoms with Crippen LogP contribution >= 0.6 is 0 Å². The Labute approximate surface area is 186 Å². The van der Waals surface area contributed by atoms with Gasteiger partial charge >= 0.3 is 11.9 Å². The lowest BCUT2D eigenvalue weighted by Crippen LogP contribution is -2.44. The number of hydrogen-bond donors (Lipinski definition) is 1. The summed E-state index contributed by atoms with van der Waals surface area (Å²) >= 11 is 0. The summed E-state index contributed by atoms with van der Waals surface area (Å²) in [5.41, 5.74) is 0.381. The average Bonchev–Trinajstić information content (AvgIpc) is 2.74. The van der Waals surface area contributed by atoms with Crippen LogP contribution in [0.1, 0.15) is 137 Å². The van der Waals surface area contributed by atoms with E-state index in [0.717, 1.165) is 32.1 Å². The van der Waals surface area contributed by atoms with E-state index in [1.807, 2.05) is 0 Å². The van der Waals surface area contributed by atoms with Crippen LogP contribution in [0.2, 0.25) is 0 Å².